The van der Waals surface area contributed by atoms with Crippen molar-refractivity contribution in [3.05, 3.63) is 57.3 Å². The summed E-state index contributed by atoms with van der Waals surface area (Å²) in [4.78, 5) is 11.9. The molecule has 0 spiro atoms. The Morgan fingerprint density at radius 3 is 2.75 bits per heavy atom. The van der Waals surface area contributed by atoms with Gasteiger partial charge in [0, 0.05) is 10.2 Å². The van der Waals surface area contributed by atoms with Crippen molar-refractivity contribution >= 4 is 44.8 Å². The smallest absolute Gasteiger partial charge is 0.228 e. The maximum atomic E-state index is 13.6. The van der Waals surface area contributed by atoms with E-state index in [1.807, 2.05) is 0 Å². The number of nitrogen functional groups attached to an aromatic ring is 1. The van der Waals surface area contributed by atoms with Crippen LogP contribution in [0.15, 0.2) is 40.9 Å². The Labute approximate surface area is 129 Å². The van der Waals surface area contributed by atoms with E-state index < -0.39 is 5.82 Å². The molecule has 1 amide bonds. The van der Waals surface area contributed by atoms with Gasteiger partial charge in [-0.25, -0.2) is 4.39 Å². The number of nitrogens with two attached hydrogens (primary N) is 1. The summed E-state index contributed by atoms with van der Waals surface area (Å²) in [6, 6.07) is 9.22. The van der Waals surface area contributed by atoms with Crippen molar-refractivity contribution in [3.63, 3.8) is 0 Å². The number of carbonyl (C=O) groups excluding carboxylic acids is 1. The van der Waals surface area contributed by atoms with Crippen molar-refractivity contribution in [1.29, 1.82) is 0 Å². The number of anilines is 2. The minimum atomic E-state index is -0.424. The number of nitrogens with one attached hydrogen (secondary N) is 1. The van der Waals surface area contributed by atoms with E-state index in [-0.39, 0.29) is 12.3 Å². The molecule has 0 aliphatic rings. The van der Waals surface area contributed by atoms with E-state index in [2.05, 4.69) is 21.2 Å². The third-order valence-electron chi connectivity index (χ3n) is 2.63. The minimum absolute atomic E-state index is 0.0774. The molecule has 0 aliphatic carbocycles. The number of hydrogen-bond acceptors (Lipinski definition) is 2. The summed E-state index contributed by atoms with van der Waals surface area (Å²) < 4.78 is 14.3. The third-order valence-corrected chi connectivity index (χ3v) is 3.43. The van der Waals surface area contributed by atoms with Crippen molar-refractivity contribution in [2.45, 2.75) is 6.42 Å². The van der Waals surface area contributed by atoms with Crippen molar-refractivity contribution in [2.75, 3.05) is 11.1 Å². The van der Waals surface area contributed by atoms with Gasteiger partial charge in [0.05, 0.1) is 17.1 Å². The van der Waals surface area contributed by atoms with Crippen LogP contribution in [0, 0.1) is 5.82 Å². The number of amides is 1. The van der Waals surface area contributed by atoms with Crippen LogP contribution >= 0.6 is 27.5 Å². The Balaban J connectivity index is 2.11. The van der Waals surface area contributed by atoms with Crippen LogP contribution in [0.1, 0.15) is 5.56 Å². The van der Waals surface area contributed by atoms with Gasteiger partial charge in [-0.15, -0.1) is 0 Å². The number of halogens is 3. The molecule has 20 heavy (non-hydrogen) atoms. The van der Waals surface area contributed by atoms with Crippen molar-refractivity contribution in [3.8, 4) is 0 Å². The topological polar surface area (TPSA) is 55.1 Å². The van der Waals surface area contributed by atoms with Crippen LogP contribution in [0.2, 0.25) is 5.02 Å². The molecule has 0 atom stereocenters. The third kappa shape index (κ3) is 3.71. The summed E-state index contributed by atoms with van der Waals surface area (Å²) in [5.41, 5.74) is 6.83. The fourth-order valence-corrected chi connectivity index (χ4v) is 2.32. The van der Waals surface area contributed by atoms with Gasteiger partial charge in [0.25, 0.3) is 0 Å². The van der Waals surface area contributed by atoms with E-state index >= 15 is 0 Å². The summed E-state index contributed by atoms with van der Waals surface area (Å²) in [5, 5.41) is 2.96. The highest BCUT2D eigenvalue weighted by molar-refractivity contribution is 9.10. The molecule has 0 heterocycles. The molecule has 0 aromatic heterocycles. The Kier molecular flexibility index (Phi) is 4.62. The molecule has 104 valence electrons. The molecule has 0 saturated carbocycles. The standard InChI is InChI=1S/C14H11BrClFN2O/c15-9-1-3-12(17)8(5-9)6-14(20)19-13-4-2-10(18)7-11(13)16/h1-5,7H,6,18H2,(H,19,20). The first kappa shape index (κ1) is 14.8. The van der Waals surface area contributed by atoms with E-state index in [1.54, 1.807) is 24.3 Å². The summed E-state index contributed by atoms with van der Waals surface area (Å²) in [6.45, 7) is 0. The molecule has 2 rings (SSSR count). The molecule has 3 nitrogen and oxygen atoms in total. The van der Waals surface area contributed by atoms with Gasteiger partial charge in [-0.2, -0.15) is 0 Å². The van der Waals surface area contributed by atoms with Gasteiger partial charge in [-0.3, -0.25) is 4.79 Å². The number of hydrogen-bond donors (Lipinski definition) is 2. The van der Waals surface area contributed by atoms with Gasteiger partial charge in [0.15, 0.2) is 0 Å². The molecule has 2 aromatic carbocycles. The molecule has 2 aromatic rings. The first-order valence-corrected chi connectivity index (χ1v) is 6.91. The highest BCUT2D eigenvalue weighted by Crippen LogP contribution is 2.24. The highest BCUT2D eigenvalue weighted by atomic mass is 79.9. The molecule has 0 radical (unpaired) electrons. The molecule has 0 fully saturated rings. The SMILES string of the molecule is Nc1ccc(NC(=O)Cc2cc(Br)ccc2F)c(Cl)c1. The number of carbonyl (C=O) groups is 1. The monoisotopic (exact) mass is 356 g/mol. The summed E-state index contributed by atoms with van der Waals surface area (Å²) in [6.07, 6.45) is -0.0774. The van der Waals surface area contributed by atoms with Gasteiger partial charge in [-0.05, 0) is 42.0 Å². The predicted octanol–water partition coefficient (Wildman–Crippen LogP) is 4.01. The zero-order chi connectivity index (χ0) is 14.7. The Bertz CT molecular complexity index is 664. The molecule has 3 N–H and O–H groups in total. The zero-order valence-electron chi connectivity index (χ0n) is 10.3. The fraction of sp³-hybridized carbons (Fsp3) is 0.0714. The zero-order valence-corrected chi connectivity index (χ0v) is 12.6. The van der Waals surface area contributed by atoms with Crippen LogP contribution < -0.4 is 11.1 Å². The van der Waals surface area contributed by atoms with Crippen LogP contribution in [0.5, 0.6) is 0 Å². The number of benzene rings is 2. The van der Waals surface area contributed by atoms with Crippen molar-refractivity contribution in [2.24, 2.45) is 0 Å². The quantitative estimate of drug-likeness (QED) is 0.816. The molecule has 0 aliphatic heterocycles. The first-order valence-electron chi connectivity index (χ1n) is 5.74. The lowest BCUT2D eigenvalue weighted by molar-refractivity contribution is -0.115. The van der Waals surface area contributed by atoms with Gasteiger partial charge >= 0.3 is 0 Å². The van der Waals surface area contributed by atoms with E-state index in [9.17, 15) is 9.18 Å². The lowest BCUT2D eigenvalue weighted by Gasteiger charge is -2.08. The molecule has 0 unspecified atom stereocenters. The first-order chi connectivity index (χ1) is 9.45. The Hall–Kier alpha value is -1.59. The maximum absolute atomic E-state index is 13.6. The summed E-state index contributed by atoms with van der Waals surface area (Å²) >= 11 is 9.20. The molecule has 6 heteroatoms. The van der Waals surface area contributed by atoms with Gasteiger partial charge in [-0.1, -0.05) is 27.5 Å². The second-order valence-corrected chi connectivity index (χ2v) is 5.52. The van der Waals surface area contributed by atoms with Crippen molar-refractivity contribution in [1.82, 2.24) is 0 Å². The average Bonchev–Trinajstić information content (AvgIpc) is 2.37. The lowest BCUT2D eigenvalue weighted by atomic mass is 10.1. The summed E-state index contributed by atoms with van der Waals surface area (Å²) in [5.74, 6) is -0.777. The van der Waals surface area contributed by atoms with E-state index in [0.29, 0.717) is 26.4 Å². The van der Waals surface area contributed by atoms with Crippen LogP contribution in [0.3, 0.4) is 0 Å². The summed E-state index contributed by atoms with van der Waals surface area (Å²) in [7, 11) is 0. The van der Waals surface area contributed by atoms with Crippen LogP contribution in [-0.4, -0.2) is 5.91 Å². The van der Waals surface area contributed by atoms with Crippen LogP contribution in [-0.2, 0) is 11.2 Å². The van der Waals surface area contributed by atoms with Gasteiger partial charge < -0.3 is 11.1 Å². The number of rotatable bonds is 3. The van der Waals surface area contributed by atoms with Gasteiger partial charge in [0.2, 0.25) is 5.91 Å². The molecular weight excluding hydrogens is 347 g/mol. The van der Waals surface area contributed by atoms with Crippen LogP contribution in [0.4, 0.5) is 15.8 Å². The largest absolute Gasteiger partial charge is 0.399 e. The predicted molar refractivity (Wildman–Crippen MR) is 82.3 cm³/mol. The average molecular weight is 358 g/mol. The molecule has 0 bridgehead atoms. The van der Waals surface area contributed by atoms with E-state index in [1.165, 1.54) is 12.1 Å². The molecule has 0 saturated heterocycles. The van der Waals surface area contributed by atoms with E-state index in [0.717, 1.165) is 0 Å². The minimum Gasteiger partial charge on any atom is -0.399 e. The molecular formula is C14H11BrClFN2O. The normalized spacial score (nSPS) is 10.3. The Morgan fingerprint density at radius 2 is 2.05 bits per heavy atom. The van der Waals surface area contributed by atoms with E-state index in [4.69, 9.17) is 17.3 Å². The highest BCUT2D eigenvalue weighted by Gasteiger charge is 2.10. The van der Waals surface area contributed by atoms with Gasteiger partial charge in [0.1, 0.15) is 5.82 Å². The maximum Gasteiger partial charge on any atom is 0.228 e. The lowest BCUT2D eigenvalue weighted by Crippen LogP contribution is -2.15. The second kappa shape index (κ2) is 6.24. The Morgan fingerprint density at radius 1 is 1.30 bits per heavy atom. The van der Waals surface area contributed by atoms with Crippen LogP contribution in [0.25, 0.3) is 0 Å². The van der Waals surface area contributed by atoms with Crippen molar-refractivity contribution < 1.29 is 9.18 Å². The fourth-order valence-electron chi connectivity index (χ4n) is 1.68. The second-order valence-electron chi connectivity index (χ2n) is 4.20.